The maximum atomic E-state index is 11.0. The van der Waals surface area contributed by atoms with Crippen LogP contribution in [0, 0.1) is 0 Å². The van der Waals surface area contributed by atoms with E-state index in [4.69, 9.17) is 10.2 Å². The number of carbonyl (C=O) groups is 1. The molecule has 74 valence electrons. The van der Waals surface area contributed by atoms with Crippen molar-refractivity contribution in [3.63, 3.8) is 0 Å². The van der Waals surface area contributed by atoms with Gasteiger partial charge in [-0.05, 0) is 18.2 Å². The van der Waals surface area contributed by atoms with Crippen molar-refractivity contribution in [1.29, 1.82) is 0 Å². The van der Waals surface area contributed by atoms with Gasteiger partial charge in [0.05, 0.1) is 6.26 Å². The summed E-state index contributed by atoms with van der Waals surface area (Å²) in [5, 5.41) is 5.09. The normalized spacial score (nSPS) is 25.6. The van der Waals surface area contributed by atoms with Gasteiger partial charge in [-0.25, -0.2) is 4.79 Å². The Morgan fingerprint density at radius 3 is 3.07 bits per heavy atom. The lowest BCUT2D eigenvalue weighted by Crippen LogP contribution is -2.60. The second-order valence-electron chi connectivity index (χ2n) is 3.23. The van der Waals surface area contributed by atoms with E-state index in [9.17, 15) is 4.79 Å². The average Bonchev–Trinajstić information content (AvgIpc) is 2.55. The van der Waals surface area contributed by atoms with Crippen molar-refractivity contribution in [1.82, 2.24) is 10.6 Å². The predicted octanol–water partition coefficient (Wildman–Crippen LogP) is 0.304. The van der Waals surface area contributed by atoms with Crippen molar-refractivity contribution in [2.24, 2.45) is 5.73 Å². The molecule has 1 aromatic heterocycles. The monoisotopic (exact) mass is 193 g/mol. The lowest BCUT2D eigenvalue weighted by Gasteiger charge is -2.29. The van der Waals surface area contributed by atoms with E-state index in [-0.39, 0.29) is 6.03 Å². The molecule has 2 heterocycles. The SMILES string of the molecule is NC1(Cc2ccco2)C=CNC(=O)N1. The van der Waals surface area contributed by atoms with Crippen LogP contribution in [0.3, 0.4) is 0 Å². The van der Waals surface area contributed by atoms with E-state index >= 15 is 0 Å². The van der Waals surface area contributed by atoms with E-state index in [0.717, 1.165) is 5.76 Å². The molecule has 1 unspecified atom stereocenters. The summed E-state index contributed by atoms with van der Waals surface area (Å²) >= 11 is 0. The third-order valence-electron chi connectivity index (χ3n) is 1.99. The molecular weight excluding hydrogens is 182 g/mol. The molecule has 1 atom stereocenters. The first-order valence-corrected chi connectivity index (χ1v) is 4.26. The zero-order valence-electron chi connectivity index (χ0n) is 7.49. The number of hydrogen-bond acceptors (Lipinski definition) is 3. The average molecular weight is 193 g/mol. The number of rotatable bonds is 2. The molecule has 1 aliphatic rings. The molecule has 0 saturated carbocycles. The summed E-state index contributed by atoms with van der Waals surface area (Å²) in [4.78, 5) is 11.0. The molecule has 0 bridgehead atoms. The van der Waals surface area contributed by atoms with Crippen LogP contribution in [0.25, 0.3) is 0 Å². The number of nitrogens with two attached hydrogens (primary N) is 1. The molecule has 1 aromatic rings. The summed E-state index contributed by atoms with van der Waals surface area (Å²) in [5.74, 6) is 0.736. The van der Waals surface area contributed by atoms with Crippen LogP contribution in [0.2, 0.25) is 0 Å². The van der Waals surface area contributed by atoms with Crippen LogP contribution in [-0.2, 0) is 6.42 Å². The number of hydrogen-bond donors (Lipinski definition) is 3. The summed E-state index contributed by atoms with van der Waals surface area (Å²) in [6.45, 7) is 0. The van der Waals surface area contributed by atoms with E-state index in [1.54, 1.807) is 18.4 Å². The fourth-order valence-electron chi connectivity index (χ4n) is 1.36. The third-order valence-corrected chi connectivity index (χ3v) is 1.99. The van der Waals surface area contributed by atoms with Crippen molar-refractivity contribution in [3.05, 3.63) is 36.4 Å². The largest absolute Gasteiger partial charge is 0.469 e. The number of furan rings is 1. The molecule has 0 spiro atoms. The Hall–Kier alpha value is -1.75. The highest BCUT2D eigenvalue weighted by molar-refractivity contribution is 5.77. The second kappa shape index (κ2) is 3.19. The van der Waals surface area contributed by atoms with Crippen molar-refractivity contribution >= 4 is 6.03 Å². The van der Waals surface area contributed by atoms with Crippen molar-refractivity contribution < 1.29 is 9.21 Å². The van der Waals surface area contributed by atoms with Crippen molar-refractivity contribution in [2.45, 2.75) is 12.1 Å². The Bertz CT molecular complexity index is 358. The van der Waals surface area contributed by atoms with Gasteiger partial charge in [0.15, 0.2) is 0 Å². The molecule has 2 rings (SSSR count). The van der Waals surface area contributed by atoms with E-state index < -0.39 is 5.66 Å². The minimum Gasteiger partial charge on any atom is -0.469 e. The van der Waals surface area contributed by atoms with Crippen LogP contribution in [0.1, 0.15) is 5.76 Å². The van der Waals surface area contributed by atoms with Gasteiger partial charge in [0, 0.05) is 12.6 Å². The lowest BCUT2D eigenvalue weighted by molar-refractivity contribution is 0.230. The van der Waals surface area contributed by atoms with Gasteiger partial charge in [0.2, 0.25) is 0 Å². The standard InChI is InChI=1S/C9H11N3O2/c10-9(3-4-11-8(13)12-9)6-7-2-1-5-14-7/h1-5H,6,10H2,(H2,11,12,13). The topological polar surface area (TPSA) is 80.3 Å². The van der Waals surface area contributed by atoms with Gasteiger partial charge in [-0.15, -0.1) is 0 Å². The summed E-state index contributed by atoms with van der Waals surface area (Å²) < 4.78 is 5.15. The highest BCUT2D eigenvalue weighted by Gasteiger charge is 2.27. The number of amides is 2. The van der Waals surface area contributed by atoms with Crippen LogP contribution in [0.5, 0.6) is 0 Å². The first kappa shape index (κ1) is 8.83. The summed E-state index contributed by atoms with van der Waals surface area (Å²) in [5.41, 5.74) is 5.06. The fourth-order valence-corrected chi connectivity index (χ4v) is 1.36. The highest BCUT2D eigenvalue weighted by Crippen LogP contribution is 2.12. The van der Waals surface area contributed by atoms with Crippen molar-refractivity contribution in [3.8, 4) is 0 Å². The quantitative estimate of drug-likeness (QED) is 0.632. The minimum atomic E-state index is -0.861. The molecule has 1 aliphatic heterocycles. The third kappa shape index (κ3) is 1.77. The zero-order chi connectivity index (χ0) is 10.0. The van der Waals surface area contributed by atoms with Crippen LogP contribution >= 0.6 is 0 Å². The molecule has 2 amide bonds. The lowest BCUT2D eigenvalue weighted by atomic mass is 10.0. The van der Waals surface area contributed by atoms with Gasteiger partial charge < -0.3 is 20.8 Å². The molecule has 0 saturated heterocycles. The minimum absolute atomic E-state index is 0.304. The summed E-state index contributed by atoms with van der Waals surface area (Å²) in [6, 6.07) is 3.30. The summed E-state index contributed by atoms with van der Waals surface area (Å²) in [7, 11) is 0. The number of nitrogens with one attached hydrogen (secondary N) is 2. The zero-order valence-corrected chi connectivity index (χ0v) is 7.49. The van der Waals surface area contributed by atoms with Gasteiger partial charge in [0.1, 0.15) is 11.4 Å². The van der Waals surface area contributed by atoms with Gasteiger partial charge in [-0.2, -0.15) is 0 Å². The van der Waals surface area contributed by atoms with E-state index in [1.165, 1.54) is 6.20 Å². The van der Waals surface area contributed by atoms with Crippen molar-refractivity contribution in [2.75, 3.05) is 0 Å². The van der Waals surface area contributed by atoms with E-state index in [0.29, 0.717) is 6.42 Å². The molecule has 0 fully saturated rings. The van der Waals surface area contributed by atoms with Gasteiger partial charge in [0.25, 0.3) is 0 Å². The Labute approximate surface area is 81.0 Å². The molecule has 0 aliphatic carbocycles. The smallest absolute Gasteiger partial charge is 0.320 e. The molecule has 0 aromatic carbocycles. The Morgan fingerprint density at radius 2 is 2.43 bits per heavy atom. The van der Waals surface area contributed by atoms with Crippen LogP contribution in [0.15, 0.2) is 35.1 Å². The maximum absolute atomic E-state index is 11.0. The first-order valence-electron chi connectivity index (χ1n) is 4.26. The fraction of sp³-hybridized carbons (Fsp3) is 0.222. The van der Waals surface area contributed by atoms with Crippen LogP contribution < -0.4 is 16.4 Å². The number of carbonyl (C=O) groups excluding carboxylic acids is 1. The molecule has 5 heteroatoms. The molecule has 0 radical (unpaired) electrons. The van der Waals surface area contributed by atoms with Gasteiger partial charge in [-0.3, -0.25) is 0 Å². The first-order chi connectivity index (χ1) is 6.68. The summed E-state index contributed by atoms with van der Waals surface area (Å²) in [6.07, 6.45) is 5.23. The maximum Gasteiger partial charge on any atom is 0.320 e. The van der Waals surface area contributed by atoms with Crippen LogP contribution in [-0.4, -0.2) is 11.7 Å². The predicted molar refractivity (Wildman–Crippen MR) is 50.1 cm³/mol. The molecule has 5 nitrogen and oxygen atoms in total. The Morgan fingerprint density at radius 1 is 1.57 bits per heavy atom. The highest BCUT2D eigenvalue weighted by atomic mass is 16.3. The van der Waals surface area contributed by atoms with E-state index in [2.05, 4.69) is 10.6 Å². The Kier molecular flexibility index (Phi) is 2.01. The molecule has 4 N–H and O–H groups in total. The number of urea groups is 1. The van der Waals surface area contributed by atoms with Gasteiger partial charge in [-0.1, -0.05) is 0 Å². The molecule has 14 heavy (non-hydrogen) atoms. The van der Waals surface area contributed by atoms with Gasteiger partial charge >= 0.3 is 6.03 Å². The van der Waals surface area contributed by atoms with Crippen LogP contribution in [0.4, 0.5) is 4.79 Å². The second-order valence-corrected chi connectivity index (χ2v) is 3.23. The van der Waals surface area contributed by atoms with E-state index in [1.807, 2.05) is 6.07 Å². The Balaban J connectivity index is 2.13. The molecular formula is C9H11N3O2.